The van der Waals surface area contributed by atoms with Gasteiger partial charge < -0.3 is 9.47 Å². The Kier molecular flexibility index (Phi) is 1.65. The van der Waals surface area contributed by atoms with Crippen LogP contribution < -0.4 is 0 Å². The molecule has 14 heavy (non-hydrogen) atoms. The first kappa shape index (κ1) is 9.16. The summed E-state index contributed by atoms with van der Waals surface area (Å²) >= 11 is 3.27. The molecule has 1 saturated heterocycles. The number of alkyl halides is 1. The van der Waals surface area contributed by atoms with Gasteiger partial charge in [-0.1, -0.05) is 0 Å². The third kappa shape index (κ3) is 1.04. The van der Waals surface area contributed by atoms with Crippen LogP contribution in [-0.4, -0.2) is 16.3 Å². The van der Waals surface area contributed by atoms with Crippen molar-refractivity contribution < 1.29 is 14.3 Å². The van der Waals surface area contributed by atoms with Crippen LogP contribution in [-0.2, 0) is 14.3 Å². The highest BCUT2D eigenvalue weighted by molar-refractivity contribution is 9.10. The van der Waals surface area contributed by atoms with Gasteiger partial charge in [-0.05, 0) is 48.0 Å². The van der Waals surface area contributed by atoms with Crippen LogP contribution in [0.25, 0.3) is 0 Å². The lowest BCUT2D eigenvalue weighted by atomic mass is 9.94. The maximum absolute atomic E-state index is 11.5. The second kappa shape index (κ2) is 2.53. The Morgan fingerprint density at radius 1 is 1.50 bits per heavy atom. The molecule has 3 aliphatic rings. The molecule has 2 bridgehead atoms. The maximum Gasteiger partial charge on any atom is 0.352 e. The van der Waals surface area contributed by atoms with Gasteiger partial charge in [-0.2, -0.15) is 0 Å². The van der Waals surface area contributed by atoms with Gasteiger partial charge in [0.05, 0.1) is 0 Å². The Labute approximate surface area is 91.3 Å². The zero-order valence-corrected chi connectivity index (χ0v) is 9.67. The Hall–Kier alpha value is -0.0900. The number of carbonyl (C=O) groups excluding carboxylic acids is 1. The summed E-state index contributed by atoms with van der Waals surface area (Å²) in [6.45, 7) is 1.72. The van der Waals surface area contributed by atoms with E-state index in [2.05, 4.69) is 15.9 Å². The second-order valence-corrected chi connectivity index (χ2v) is 6.31. The molecule has 4 unspecified atom stereocenters. The van der Waals surface area contributed by atoms with Crippen LogP contribution in [0.4, 0.5) is 0 Å². The standard InChI is InChI=1S/C10H13BrO3/c1-9(11)8(12)13-10(14-9)5-6-2-3-7(10)4-6/h6-7H,2-5H2,1H3. The average molecular weight is 261 g/mol. The minimum absolute atomic E-state index is 0.273. The maximum atomic E-state index is 11.5. The van der Waals surface area contributed by atoms with Crippen molar-refractivity contribution in [3.8, 4) is 0 Å². The minimum Gasteiger partial charge on any atom is -0.430 e. The monoisotopic (exact) mass is 260 g/mol. The molecule has 0 aromatic heterocycles. The van der Waals surface area contributed by atoms with E-state index < -0.39 is 10.3 Å². The first-order valence-electron chi connectivity index (χ1n) is 5.14. The number of fused-ring (bicyclic) bond motifs is 3. The molecule has 0 amide bonds. The molecule has 0 aromatic carbocycles. The van der Waals surface area contributed by atoms with Gasteiger partial charge in [-0.25, -0.2) is 4.79 Å². The number of halogens is 1. The summed E-state index contributed by atoms with van der Waals surface area (Å²) in [5.41, 5.74) is 0. The summed E-state index contributed by atoms with van der Waals surface area (Å²) < 4.78 is 10.3. The molecule has 2 aliphatic carbocycles. The molecular formula is C10H13BrO3. The average Bonchev–Trinajstić information content (AvgIpc) is 2.66. The van der Waals surface area contributed by atoms with Gasteiger partial charge in [0.25, 0.3) is 0 Å². The minimum atomic E-state index is -0.919. The molecule has 3 nitrogen and oxygen atoms in total. The van der Waals surface area contributed by atoms with Crippen LogP contribution in [0.2, 0.25) is 0 Å². The predicted octanol–water partition coefficient (Wildman–Crippen LogP) is 2.19. The van der Waals surface area contributed by atoms with E-state index in [0.717, 1.165) is 19.3 Å². The van der Waals surface area contributed by atoms with E-state index in [4.69, 9.17) is 9.47 Å². The summed E-state index contributed by atoms with van der Waals surface area (Å²) in [6, 6.07) is 0. The highest BCUT2D eigenvalue weighted by Crippen LogP contribution is 2.57. The predicted molar refractivity (Wildman–Crippen MR) is 52.7 cm³/mol. The zero-order chi connectivity index (χ0) is 9.97. The zero-order valence-electron chi connectivity index (χ0n) is 8.09. The van der Waals surface area contributed by atoms with Gasteiger partial charge in [0.2, 0.25) is 10.3 Å². The van der Waals surface area contributed by atoms with Crippen molar-refractivity contribution in [3.05, 3.63) is 0 Å². The van der Waals surface area contributed by atoms with Gasteiger partial charge in [0.1, 0.15) is 0 Å². The van der Waals surface area contributed by atoms with E-state index >= 15 is 0 Å². The van der Waals surface area contributed by atoms with Crippen LogP contribution in [0.5, 0.6) is 0 Å². The van der Waals surface area contributed by atoms with Crippen molar-refractivity contribution >= 4 is 21.9 Å². The molecule has 1 spiro atoms. The largest absolute Gasteiger partial charge is 0.430 e. The van der Waals surface area contributed by atoms with E-state index in [-0.39, 0.29) is 5.97 Å². The second-order valence-electron chi connectivity index (χ2n) is 4.80. The summed E-state index contributed by atoms with van der Waals surface area (Å²) in [4.78, 5) is 11.5. The Morgan fingerprint density at radius 2 is 2.29 bits per heavy atom. The number of hydrogen-bond donors (Lipinski definition) is 0. The molecule has 3 fully saturated rings. The van der Waals surface area contributed by atoms with E-state index in [1.54, 1.807) is 6.92 Å². The SMILES string of the molecule is CC1(Br)OC2(CC3CCC2C3)OC1=O. The van der Waals surface area contributed by atoms with Crippen LogP contribution in [0, 0.1) is 11.8 Å². The highest BCUT2D eigenvalue weighted by atomic mass is 79.9. The van der Waals surface area contributed by atoms with Crippen molar-refractivity contribution in [3.63, 3.8) is 0 Å². The Bertz CT molecular complexity index is 302. The number of ether oxygens (including phenoxy) is 2. The molecule has 4 heteroatoms. The molecule has 0 radical (unpaired) electrons. The highest BCUT2D eigenvalue weighted by Gasteiger charge is 2.63. The third-order valence-electron chi connectivity index (χ3n) is 3.73. The van der Waals surface area contributed by atoms with Crippen molar-refractivity contribution in [2.45, 2.75) is 42.9 Å². The van der Waals surface area contributed by atoms with Crippen LogP contribution in [0.1, 0.15) is 32.6 Å². The third-order valence-corrected chi connectivity index (χ3v) is 4.22. The van der Waals surface area contributed by atoms with Crippen molar-refractivity contribution in [1.29, 1.82) is 0 Å². The molecule has 78 valence electrons. The molecule has 1 aliphatic heterocycles. The van der Waals surface area contributed by atoms with Crippen molar-refractivity contribution in [2.24, 2.45) is 11.8 Å². The number of carbonyl (C=O) groups is 1. The lowest BCUT2D eigenvalue weighted by Gasteiger charge is -2.31. The fraction of sp³-hybridized carbons (Fsp3) is 0.900. The molecule has 4 atom stereocenters. The first-order valence-corrected chi connectivity index (χ1v) is 5.94. The summed E-state index contributed by atoms with van der Waals surface area (Å²) in [5.74, 6) is 0.271. The lowest BCUT2D eigenvalue weighted by molar-refractivity contribution is -0.203. The Balaban J connectivity index is 1.91. The number of esters is 1. The quantitative estimate of drug-likeness (QED) is 0.495. The summed E-state index contributed by atoms with van der Waals surface area (Å²) in [5, 5.41) is 0. The first-order chi connectivity index (χ1) is 6.52. The van der Waals surface area contributed by atoms with Gasteiger partial charge in [-0.15, -0.1) is 0 Å². The van der Waals surface area contributed by atoms with Crippen LogP contribution >= 0.6 is 15.9 Å². The Morgan fingerprint density at radius 3 is 2.71 bits per heavy atom. The normalized spacial score (nSPS) is 55.7. The molecule has 0 aromatic rings. The van der Waals surface area contributed by atoms with Crippen molar-refractivity contribution in [1.82, 2.24) is 0 Å². The topological polar surface area (TPSA) is 35.5 Å². The number of hydrogen-bond acceptors (Lipinski definition) is 3. The van der Waals surface area contributed by atoms with E-state index in [1.165, 1.54) is 6.42 Å². The fourth-order valence-corrected chi connectivity index (χ4v) is 3.47. The molecule has 1 heterocycles. The van der Waals surface area contributed by atoms with E-state index in [0.29, 0.717) is 11.8 Å². The molecular weight excluding hydrogens is 248 g/mol. The fourth-order valence-electron chi connectivity index (χ4n) is 3.11. The van der Waals surface area contributed by atoms with E-state index in [9.17, 15) is 4.79 Å². The van der Waals surface area contributed by atoms with Gasteiger partial charge in [0.15, 0.2) is 0 Å². The van der Waals surface area contributed by atoms with Gasteiger partial charge in [-0.3, -0.25) is 0 Å². The lowest BCUT2D eigenvalue weighted by Crippen LogP contribution is -2.37. The van der Waals surface area contributed by atoms with Gasteiger partial charge in [0, 0.05) is 12.3 Å². The van der Waals surface area contributed by atoms with E-state index in [1.807, 2.05) is 0 Å². The van der Waals surface area contributed by atoms with Crippen LogP contribution in [0.3, 0.4) is 0 Å². The summed E-state index contributed by atoms with van der Waals surface area (Å²) in [7, 11) is 0. The molecule has 0 N–H and O–H groups in total. The van der Waals surface area contributed by atoms with Crippen LogP contribution in [0.15, 0.2) is 0 Å². The van der Waals surface area contributed by atoms with Crippen molar-refractivity contribution in [2.75, 3.05) is 0 Å². The summed E-state index contributed by atoms with van der Waals surface area (Å²) in [6.07, 6.45) is 4.47. The number of rotatable bonds is 0. The van der Waals surface area contributed by atoms with Gasteiger partial charge >= 0.3 is 5.97 Å². The molecule has 3 rings (SSSR count). The molecule has 2 saturated carbocycles. The smallest absolute Gasteiger partial charge is 0.352 e.